The lowest BCUT2D eigenvalue weighted by atomic mass is 10.1. The van der Waals surface area contributed by atoms with Gasteiger partial charge in [-0.05, 0) is 66.9 Å². The lowest BCUT2D eigenvalue weighted by Gasteiger charge is -2.15. The molecule has 3 aromatic carbocycles. The Kier molecular flexibility index (Phi) is 7.82. The lowest BCUT2D eigenvalue weighted by Crippen LogP contribution is -2.21. The fraction of sp³-hybridized carbons (Fsp3) is 0.174. The van der Waals surface area contributed by atoms with E-state index < -0.39 is 10.0 Å². The number of hydrogen-bond acceptors (Lipinski definition) is 4. The van der Waals surface area contributed by atoms with E-state index in [1.54, 1.807) is 30.3 Å². The van der Waals surface area contributed by atoms with Crippen LogP contribution in [0.2, 0.25) is 5.02 Å². The third-order valence-electron chi connectivity index (χ3n) is 4.63. The van der Waals surface area contributed by atoms with Gasteiger partial charge in [0.15, 0.2) is 6.61 Å². The van der Waals surface area contributed by atoms with Crippen molar-refractivity contribution in [1.29, 1.82) is 0 Å². The van der Waals surface area contributed by atoms with E-state index in [9.17, 15) is 13.2 Å². The van der Waals surface area contributed by atoms with E-state index in [0.717, 1.165) is 27.7 Å². The Morgan fingerprint density at radius 3 is 2.47 bits per heavy atom. The molecule has 6 nitrogen and oxygen atoms in total. The molecule has 3 rings (SSSR count). The number of anilines is 2. The first-order chi connectivity index (χ1) is 15.2. The monoisotopic (exact) mass is 536 g/mol. The van der Waals surface area contributed by atoms with Gasteiger partial charge in [-0.25, -0.2) is 8.42 Å². The maximum absolute atomic E-state index is 12.6. The van der Waals surface area contributed by atoms with Crippen molar-refractivity contribution in [3.63, 3.8) is 0 Å². The van der Waals surface area contributed by atoms with Crippen LogP contribution in [0.4, 0.5) is 11.4 Å². The smallest absolute Gasteiger partial charge is 0.262 e. The summed E-state index contributed by atoms with van der Waals surface area (Å²) in [5, 5.41) is 2.96. The van der Waals surface area contributed by atoms with Gasteiger partial charge in [0.25, 0.3) is 15.9 Å². The first-order valence-electron chi connectivity index (χ1n) is 9.78. The predicted molar refractivity (Wildman–Crippen MR) is 131 cm³/mol. The number of amides is 1. The molecule has 168 valence electrons. The van der Waals surface area contributed by atoms with Gasteiger partial charge in [0.05, 0.1) is 9.92 Å². The summed E-state index contributed by atoms with van der Waals surface area (Å²) in [5.74, 6) is -0.132. The number of sulfonamides is 1. The number of nitrogens with one attached hydrogen (secondary N) is 2. The van der Waals surface area contributed by atoms with Crippen LogP contribution in [-0.2, 0) is 21.2 Å². The van der Waals surface area contributed by atoms with Crippen molar-refractivity contribution in [3.8, 4) is 5.75 Å². The predicted octanol–water partition coefficient (Wildman–Crippen LogP) is 5.79. The Balaban J connectivity index is 1.67. The maximum Gasteiger partial charge on any atom is 0.262 e. The van der Waals surface area contributed by atoms with Crippen molar-refractivity contribution in [2.75, 3.05) is 16.6 Å². The number of aryl methyl sites for hydroxylation is 2. The number of ether oxygens (including phenoxy) is 1. The van der Waals surface area contributed by atoms with Crippen LogP contribution in [0, 0.1) is 6.92 Å². The normalized spacial score (nSPS) is 11.1. The third-order valence-corrected chi connectivity index (χ3v) is 6.76. The summed E-state index contributed by atoms with van der Waals surface area (Å²) in [5.41, 5.74) is 3.13. The number of para-hydroxylation sites is 1. The highest BCUT2D eigenvalue weighted by atomic mass is 79.9. The standard InChI is InChI=1S/C23H22BrClN2O4S/c1-3-16-12-17(24)11-15(2)23(16)26-22(28)14-31-21-10-9-19(13-20(21)25)32(29,30)27-18-7-5-4-6-8-18/h4-13,27H,3,14H2,1-2H3,(H,26,28). The van der Waals surface area contributed by atoms with Gasteiger partial charge in [0, 0.05) is 15.8 Å². The Hall–Kier alpha value is -2.55. The average Bonchev–Trinajstić information content (AvgIpc) is 2.74. The van der Waals surface area contributed by atoms with Crippen LogP contribution in [0.5, 0.6) is 5.75 Å². The van der Waals surface area contributed by atoms with E-state index in [1.165, 1.54) is 18.2 Å². The van der Waals surface area contributed by atoms with Gasteiger partial charge in [-0.15, -0.1) is 0 Å². The molecule has 0 aliphatic rings. The summed E-state index contributed by atoms with van der Waals surface area (Å²) in [6, 6.07) is 16.5. The largest absolute Gasteiger partial charge is 0.482 e. The van der Waals surface area contributed by atoms with Crippen molar-refractivity contribution in [2.24, 2.45) is 0 Å². The van der Waals surface area contributed by atoms with Crippen LogP contribution in [0.15, 0.2) is 70.0 Å². The van der Waals surface area contributed by atoms with Crippen molar-refractivity contribution in [1.82, 2.24) is 0 Å². The molecule has 3 aromatic rings. The molecule has 2 N–H and O–H groups in total. The van der Waals surface area contributed by atoms with Gasteiger partial charge >= 0.3 is 0 Å². The first kappa shape index (κ1) is 24.1. The van der Waals surface area contributed by atoms with Gasteiger partial charge in [-0.1, -0.05) is 52.7 Å². The number of carbonyl (C=O) groups is 1. The highest BCUT2D eigenvalue weighted by Gasteiger charge is 2.17. The zero-order valence-electron chi connectivity index (χ0n) is 17.5. The highest BCUT2D eigenvalue weighted by molar-refractivity contribution is 9.10. The molecular weight excluding hydrogens is 516 g/mol. The summed E-state index contributed by atoms with van der Waals surface area (Å²) >= 11 is 9.68. The SMILES string of the molecule is CCc1cc(Br)cc(C)c1NC(=O)COc1ccc(S(=O)(=O)Nc2ccccc2)cc1Cl. The summed E-state index contributed by atoms with van der Waals surface area (Å²) in [6.45, 7) is 3.65. The number of benzene rings is 3. The number of rotatable bonds is 8. The minimum Gasteiger partial charge on any atom is -0.482 e. The molecule has 32 heavy (non-hydrogen) atoms. The molecule has 0 atom stereocenters. The molecule has 0 aliphatic heterocycles. The topological polar surface area (TPSA) is 84.5 Å². The summed E-state index contributed by atoms with van der Waals surface area (Å²) < 4.78 is 34.1. The molecule has 0 aromatic heterocycles. The maximum atomic E-state index is 12.6. The fourth-order valence-corrected chi connectivity index (χ4v) is 5.08. The molecule has 1 amide bonds. The minimum absolute atomic E-state index is 0.0128. The molecule has 0 saturated carbocycles. The molecule has 9 heteroatoms. The summed E-state index contributed by atoms with van der Waals surface area (Å²) in [4.78, 5) is 12.4. The zero-order chi connectivity index (χ0) is 23.3. The van der Waals surface area contributed by atoms with Crippen molar-refractivity contribution in [3.05, 3.63) is 81.3 Å². The van der Waals surface area contributed by atoms with Gasteiger partial charge in [0.1, 0.15) is 5.75 Å². The lowest BCUT2D eigenvalue weighted by molar-refractivity contribution is -0.118. The fourth-order valence-electron chi connectivity index (χ4n) is 3.08. The van der Waals surface area contributed by atoms with E-state index in [1.807, 2.05) is 26.0 Å². The Morgan fingerprint density at radius 1 is 1.09 bits per heavy atom. The van der Waals surface area contributed by atoms with Crippen molar-refractivity contribution < 1.29 is 17.9 Å². The van der Waals surface area contributed by atoms with Gasteiger partial charge in [0.2, 0.25) is 0 Å². The molecule has 0 heterocycles. The van der Waals surface area contributed by atoms with Gasteiger partial charge in [-0.3, -0.25) is 9.52 Å². The third kappa shape index (κ3) is 6.03. The van der Waals surface area contributed by atoms with Crippen LogP contribution in [0.1, 0.15) is 18.1 Å². The van der Waals surface area contributed by atoms with Crippen LogP contribution < -0.4 is 14.8 Å². The number of halogens is 2. The molecule has 0 radical (unpaired) electrons. The van der Waals surface area contributed by atoms with E-state index in [4.69, 9.17) is 16.3 Å². The molecule has 0 unspecified atom stereocenters. The molecular formula is C23H22BrClN2O4S. The Morgan fingerprint density at radius 2 is 1.81 bits per heavy atom. The quantitative estimate of drug-likeness (QED) is 0.381. The second-order valence-corrected chi connectivity index (χ2v) is 10.0. The van der Waals surface area contributed by atoms with E-state index in [-0.39, 0.29) is 28.2 Å². The Bertz CT molecular complexity index is 1230. The second-order valence-electron chi connectivity index (χ2n) is 7.01. The summed E-state index contributed by atoms with van der Waals surface area (Å²) in [7, 11) is -3.81. The first-order valence-corrected chi connectivity index (χ1v) is 12.4. The van der Waals surface area contributed by atoms with Crippen molar-refractivity contribution in [2.45, 2.75) is 25.2 Å². The van der Waals surface area contributed by atoms with Gasteiger partial charge < -0.3 is 10.1 Å². The molecule has 0 spiro atoms. The Labute approximate surface area is 201 Å². The number of carbonyl (C=O) groups excluding carboxylic acids is 1. The van der Waals surface area contributed by atoms with Crippen LogP contribution >= 0.6 is 27.5 Å². The molecule has 0 saturated heterocycles. The molecule has 0 fully saturated rings. The summed E-state index contributed by atoms with van der Waals surface area (Å²) in [6.07, 6.45) is 0.759. The van der Waals surface area contributed by atoms with Crippen molar-refractivity contribution >= 4 is 54.8 Å². The van der Waals surface area contributed by atoms with E-state index in [2.05, 4.69) is 26.0 Å². The number of hydrogen-bond donors (Lipinski definition) is 2. The molecule has 0 bridgehead atoms. The zero-order valence-corrected chi connectivity index (χ0v) is 20.6. The minimum atomic E-state index is -3.81. The molecule has 0 aliphatic carbocycles. The average molecular weight is 538 g/mol. The second kappa shape index (κ2) is 10.4. The van der Waals surface area contributed by atoms with Gasteiger partial charge in [-0.2, -0.15) is 0 Å². The van der Waals surface area contributed by atoms with E-state index >= 15 is 0 Å². The highest BCUT2D eigenvalue weighted by Crippen LogP contribution is 2.29. The van der Waals surface area contributed by atoms with Crippen LogP contribution in [-0.4, -0.2) is 20.9 Å². The van der Waals surface area contributed by atoms with Crippen LogP contribution in [0.3, 0.4) is 0 Å². The van der Waals surface area contributed by atoms with Crippen LogP contribution in [0.25, 0.3) is 0 Å². The van der Waals surface area contributed by atoms with E-state index in [0.29, 0.717) is 5.69 Å².